The highest BCUT2D eigenvalue weighted by Crippen LogP contribution is 2.33. The summed E-state index contributed by atoms with van der Waals surface area (Å²) in [7, 11) is 0. The molecule has 2 N–H and O–H groups in total. The molecular weight excluding hydrogens is 536 g/mol. The number of carbonyl (C=O) groups is 3. The monoisotopic (exact) mass is 566 g/mol. The third-order valence-corrected chi connectivity index (χ3v) is 7.78. The third kappa shape index (κ3) is 5.21. The van der Waals surface area contributed by atoms with Gasteiger partial charge < -0.3 is 20.2 Å². The average Bonchev–Trinajstić information content (AvgIpc) is 3.01. The SMILES string of the molecule is C[C@H]1[C@@H]2N(C(=O)NCc3ccncc3)OCC(=O)N2[C@@H](Cc2ccc(O)cc2)C(=O)N1Cc1cccc2cccnc12. The molecule has 2 saturated heterocycles. The van der Waals surface area contributed by atoms with Crippen molar-refractivity contribution in [1.29, 1.82) is 0 Å². The van der Waals surface area contributed by atoms with Crippen molar-refractivity contribution in [3.63, 3.8) is 0 Å². The number of carbonyl (C=O) groups excluding carboxylic acids is 3. The highest BCUT2D eigenvalue weighted by Gasteiger charge is 2.53. The molecule has 3 atom stereocenters. The summed E-state index contributed by atoms with van der Waals surface area (Å²) in [6.07, 6.45) is 4.31. The lowest BCUT2D eigenvalue weighted by atomic mass is 9.95. The van der Waals surface area contributed by atoms with Gasteiger partial charge in [-0.1, -0.05) is 36.4 Å². The standard InChI is InChI=1S/C31H30N6O5/c1-20-29-36(27(39)19-42-37(29)31(41)34-17-22-11-14-32-15-12-22)26(16-21-7-9-25(38)10-8-21)30(40)35(20)18-24-5-2-4-23-6-3-13-33-28(23)24/h2-15,20,26,29,38H,16-19H2,1H3,(H,34,41)/t20-,26-,29-/m0/s1. The number of para-hydroxylation sites is 1. The first-order chi connectivity index (χ1) is 20.4. The maximum Gasteiger partial charge on any atom is 0.343 e. The van der Waals surface area contributed by atoms with Crippen LogP contribution in [0.5, 0.6) is 5.75 Å². The number of rotatable bonds is 6. The maximum absolute atomic E-state index is 14.2. The Kier molecular flexibility index (Phi) is 7.41. The highest BCUT2D eigenvalue weighted by molar-refractivity contribution is 5.92. The topological polar surface area (TPSA) is 128 Å². The van der Waals surface area contributed by atoms with Crippen LogP contribution < -0.4 is 5.32 Å². The molecular formula is C31H30N6O5. The van der Waals surface area contributed by atoms with Crippen molar-refractivity contribution in [2.75, 3.05) is 6.61 Å². The lowest BCUT2D eigenvalue weighted by molar-refractivity contribution is -0.245. The van der Waals surface area contributed by atoms with Crippen LogP contribution in [-0.4, -0.2) is 72.6 Å². The first-order valence-electron chi connectivity index (χ1n) is 13.7. The Morgan fingerprint density at radius 3 is 2.55 bits per heavy atom. The van der Waals surface area contributed by atoms with E-state index in [1.54, 1.807) is 59.9 Å². The number of fused-ring (bicyclic) bond motifs is 2. The third-order valence-electron chi connectivity index (χ3n) is 7.78. The molecule has 42 heavy (non-hydrogen) atoms. The van der Waals surface area contributed by atoms with E-state index in [1.807, 2.05) is 37.3 Å². The number of urea groups is 1. The van der Waals surface area contributed by atoms with E-state index in [2.05, 4.69) is 15.3 Å². The lowest BCUT2D eigenvalue weighted by Gasteiger charge is -2.54. The van der Waals surface area contributed by atoms with Gasteiger partial charge in [0.1, 0.15) is 11.8 Å². The molecule has 4 aromatic rings. The number of benzene rings is 2. The summed E-state index contributed by atoms with van der Waals surface area (Å²) in [5.74, 6) is -0.523. The summed E-state index contributed by atoms with van der Waals surface area (Å²) >= 11 is 0. The molecule has 6 rings (SSSR count). The van der Waals surface area contributed by atoms with Crippen LogP contribution in [0.15, 0.2) is 85.3 Å². The smallest absolute Gasteiger partial charge is 0.343 e. The summed E-state index contributed by atoms with van der Waals surface area (Å²) in [6.45, 7) is 1.90. The zero-order valence-corrected chi connectivity index (χ0v) is 23.0. The number of hydroxylamine groups is 2. The molecule has 0 saturated carbocycles. The second-order valence-electron chi connectivity index (χ2n) is 10.4. The summed E-state index contributed by atoms with van der Waals surface area (Å²) in [4.78, 5) is 58.6. The normalized spacial score (nSPS) is 20.5. The van der Waals surface area contributed by atoms with E-state index < -0.39 is 24.3 Å². The fourth-order valence-corrected chi connectivity index (χ4v) is 5.67. The van der Waals surface area contributed by atoms with Crippen LogP contribution in [-0.2, 0) is 33.9 Å². The molecule has 4 amide bonds. The molecule has 11 nitrogen and oxygen atoms in total. The van der Waals surface area contributed by atoms with Gasteiger partial charge in [0.25, 0.3) is 5.91 Å². The fraction of sp³-hybridized carbons (Fsp3) is 0.258. The Balaban J connectivity index is 1.35. The second kappa shape index (κ2) is 11.5. The first kappa shape index (κ1) is 27.2. The first-order valence-corrected chi connectivity index (χ1v) is 13.7. The zero-order chi connectivity index (χ0) is 29.2. The summed E-state index contributed by atoms with van der Waals surface area (Å²) in [5.41, 5.74) is 3.24. The molecule has 214 valence electrons. The molecule has 2 fully saturated rings. The van der Waals surface area contributed by atoms with E-state index in [4.69, 9.17) is 4.84 Å². The molecule has 4 heterocycles. The van der Waals surface area contributed by atoms with Crippen LogP contribution in [0.1, 0.15) is 23.6 Å². The van der Waals surface area contributed by atoms with Crippen LogP contribution in [0.4, 0.5) is 4.79 Å². The quantitative estimate of drug-likeness (QED) is 0.367. The van der Waals surface area contributed by atoms with Crippen molar-refractivity contribution in [3.8, 4) is 5.75 Å². The van der Waals surface area contributed by atoms with Crippen molar-refractivity contribution < 1.29 is 24.3 Å². The minimum absolute atomic E-state index is 0.102. The Hall–Kier alpha value is -5.03. The molecule has 2 aromatic carbocycles. The van der Waals surface area contributed by atoms with E-state index in [0.29, 0.717) is 0 Å². The number of phenols is 1. The number of amides is 4. The molecule has 0 spiro atoms. The lowest BCUT2D eigenvalue weighted by Crippen LogP contribution is -2.75. The fourth-order valence-electron chi connectivity index (χ4n) is 5.67. The minimum Gasteiger partial charge on any atom is -0.508 e. The molecule has 11 heteroatoms. The summed E-state index contributed by atoms with van der Waals surface area (Å²) < 4.78 is 0. The molecule has 0 bridgehead atoms. The van der Waals surface area contributed by atoms with Gasteiger partial charge in [0.05, 0.1) is 11.6 Å². The molecule has 0 unspecified atom stereocenters. The predicted octanol–water partition coefficient (Wildman–Crippen LogP) is 2.99. The molecule has 0 radical (unpaired) electrons. The summed E-state index contributed by atoms with van der Waals surface area (Å²) in [5, 5.41) is 14.8. The average molecular weight is 567 g/mol. The van der Waals surface area contributed by atoms with Crippen LogP contribution in [0.2, 0.25) is 0 Å². The van der Waals surface area contributed by atoms with Crippen LogP contribution in [0.3, 0.4) is 0 Å². The molecule has 2 aromatic heterocycles. The van der Waals surface area contributed by atoms with Crippen LogP contribution in [0.25, 0.3) is 10.9 Å². The van der Waals surface area contributed by atoms with Gasteiger partial charge >= 0.3 is 6.03 Å². The summed E-state index contributed by atoms with van der Waals surface area (Å²) in [6, 6.07) is 17.7. The maximum atomic E-state index is 14.2. The van der Waals surface area contributed by atoms with Gasteiger partial charge in [0, 0.05) is 43.5 Å². The number of nitrogens with one attached hydrogen (secondary N) is 1. The van der Waals surface area contributed by atoms with E-state index in [9.17, 15) is 19.5 Å². The van der Waals surface area contributed by atoms with Crippen LogP contribution in [0, 0.1) is 0 Å². The number of pyridine rings is 2. The second-order valence-corrected chi connectivity index (χ2v) is 10.4. The zero-order valence-electron chi connectivity index (χ0n) is 23.0. The van der Waals surface area contributed by atoms with E-state index in [1.165, 1.54) is 9.96 Å². The van der Waals surface area contributed by atoms with Gasteiger partial charge in [0.15, 0.2) is 12.8 Å². The number of nitrogens with zero attached hydrogens (tertiary/aromatic N) is 5. The van der Waals surface area contributed by atoms with E-state index in [0.717, 1.165) is 27.6 Å². The van der Waals surface area contributed by atoms with Crippen molar-refractivity contribution in [3.05, 3.63) is 102 Å². The number of hydrogen-bond acceptors (Lipinski definition) is 7. The van der Waals surface area contributed by atoms with Crippen molar-refractivity contribution in [2.24, 2.45) is 0 Å². The van der Waals surface area contributed by atoms with Crippen molar-refractivity contribution in [1.82, 2.24) is 30.1 Å². The van der Waals surface area contributed by atoms with Gasteiger partial charge in [-0.15, -0.1) is 0 Å². The van der Waals surface area contributed by atoms with Crippen molar-refractivity contribution in [2.45, 2.75) is 44.7 Å². The molecule has 2 aliphatic rings. The highest BCUT2D eigenvalue weighted by atomic mass is 16.7. The van der Waals surface area contributed by atoms with Gasteiger partial charge in [0.2, 0.25) is 5.91 Å². The molecule has 0 aliphatic carbocycles. The Morgan fingerprint density at radius 1 is 1.00 bits per heavy atom. The number of aromatic nitrogens is 2. The van der Waals surface area contributed by atoms with Gasteiger partial charge in [-0.3, -0.25) is 24.4 Å². The van der Waals surface area contributed by atoms with E-state index in [-0.39, 0.29) is 43.7 Å². The molecule has 2 aliphatic heterocycles. The van der Waals surface area contributed by atoms with Crippen molar-refractivity contribution >= 4 is 28.7 Å². The van der Waals surface area contributed by atoms with Gasteiger partial charge in [-0.2, -0.15) is 5.06 Å². The minimum atomic E-state index is -0.898. The number of piperazine rings is 1. The predicted molar refractivity (Wildman–Crippen MR) is 152 cm³/mol. The Bertz CT molecular complexity index is 1610. The number of aromatic hydroxyl groups is 1. The Labute approximate surface area is 242 Å². The number of hydrogen-bond donors (Lipinski definition) is 2. The van der Waals surface area contributed by atoms with Crippen LogP contribution >= 0.6 is 0 Å². The largest absolute Gasteiger partial charge is 0.508 e. The number of phenolic OH excluding ortho intramolecular Hbond substituents is 1. The van der Waals surface area contributed by atoms with E-state index >= 15 is 0 Å². The Morgan fingerprint density at radius 2 is 1.76 bits per heavy atom. The van der Waals surface area contributed by atoms with Gasteiger partial charge in [-0.05, 0) is 53.9 Å². The van der Waals surface area contributed by atoms with Gasteiger partial charge in [-0.25, -0.2) is 4.79 Å².